The fraction of sp³-hybridized carbons (Fsp3) is 0.214. The van der Waals surface area contributed by atoms with Gasteiger partial charge in [-0.3, -0.25) is 14.4 Å². The molecule has 1 heterocycles. The minimum atomic E-state index is -0.873. The number of hydrogen-bond donors (Lipinski definition) is 2. The molecule has 2 N–H and O–H groups in total. The van der Waals surface area contributed by atoms with Crippen molar-refractivity contribution in [2.24, 2.45) is 0 Å². The number of carbonyl (C=O) groups excluding carboxylic acids is 3. The average Bonchev–Trinajstić information content (AvgIpc) is 2.90. The lowest BCUT2D eigenvalue weighted by atomic mass is 9.90. The van der Waals surface area contributed by atoms with Crippen molar-refractivity contribution in [2.45, 2.75) is 25.0 Å². The highest BCUT2D eigenvalue weighted by Crippen LogP contribution is 2.25. The first-order valence-electron chi connectivity index (χ1n) is 11.7. The molecule has 3 aromatic rings. The van der Waals surface area contributed by atoms with E-state index in [-0.39, 0.29) is 30.0 Å². The molecular weight excluding hydrogens is 474 g/mol. The van der Waals surface area contributed by atoms with Crippen LogP contribution in [0.1, 0.15) is 29.0 Å². The molecule has 1 aliphatic rings. The first-order chi connectivity index (χ1) is 17.5. The normalized spacial score (nSPS) is 15.2. The van der Waals surface area contributed by atoms with E-state index in [0.29, 0.717) is 13.1 Å². The lowest BCUT2D eigenvalue weighted by Crippen LogP contribution is -2.60. The maximum absolute atomic E-state index is 13.4. The highest BCUT2D eigenvalue weighted by Gasteiger charge is 2.35. The number of hydrogen-bond acceptors (Lipinski definition) is 5. The Morgan fingerprint density at radius 1 is 0.944 bits per heavy atom. The molecule has 0 aliphatic carbocycles. The second kappa shape index (κ2) is 12.1. The second-order valence-corrected chi connectivity index (χ2v) is 8.79. The molecule has 8 heteroatoms. The quantitative estimate of drug-likeness (QED) is 0.382. The van der Waals surface area contributed by atoms with Crippen LogP contribution >= 0.6 is 12.2 Å². The van der Waals surface area contributed by atoms with E-state index >= 15 is 0 Å². The van der Waals surface area contributed by atoms with Crippen LogP contribution in [0.15, 0.2) is 91.0 Å². The largest absolute Gasteiger partial charge is 0.461 e. The molecular formula is C28H27N3O4S. The van der Waals surface area contributed by atoms with E-state index in [0.717, 1.165) is 16.7 Å². The molecule has 1 aliphatic heterocycles. The molecule has 184 valence electrons. The third-order valence-electron chi connectivity index (χ3n) is 5.95. The Balaban J connectivity index is 1.45. The van der Waals surface area contributed by atoms with Crippen LogP contribution in [0.4, 0.5) is 0 Å². The standard InChI is InChI=1S/C28H27N3O4S/c32-24(35-19-20-10-4-1-5-11-20)18-23-26(33)29-16-17-31(23)28(36)30-27(34)25(21-12-6-2-7-13-21)22-14-8-3-9-15-22/h1-15,23,25H,16-19H2,(H,29,33)(H,30,34,36). The third kappa shape index (κ3) is 6.34. The predicted molar refractivity (Wildman–Crippen MR) is 140 cm³/mol. The van der Waals surface area contributed by atoms with Crippen molar-refractivity contribution >= 4 is 35.1 Å². The smallest absolute Gasteiger partial charge is 0.308 e. The minimum absolute atomic E-state index is 0.104. The summed E-state index contributed by atoms with van der Waals surface area (Å²) in [7, 11) is 0. The molecule has 1 unspecified atom stereocenters. The SMILES string of the molecule is O=C(CC1C(=O)NCCN1C(=S)NC(=O)C(c1ccccc1)c1ccccc1)OCc1ccccc1. The highest BCUT2D eigenvalue weighted by atomic mass is 32.1. The number of nitrogens with zero attached hydrogens (tertiary/aromatic N) is 1. The van der Waals surface area contributed by atoms with Crippen LogP contribution in [0.2, 0.25) is 0 Å². The summed E-state index contributed by atoms with van der Waals surface area (Å²) in [5, 5.41) is 5.68. The molecule has 0 bridgehead atoms. The average molecular weight is 502 g/mol. The maximum Gasteiger partial charge on any atom is 0.308 e. The zero-order chi connectivity index (χ0) is 25.3. The van der Waals surface area contributed by atoms with Gasteiger partial charge in [-0.1, -0.05) is 91.0 Å². The monoisotopic (exact) mass is 501 g/mol. The molecule has 0 radical (unpaired) electrons. The van der Waals surface area contributed by atoms with Crippen molar-refractivity contribution < 1.29 is 19.1 Å². The van der Waals surface area contributed by atoms with E-state index in [1.165, 1.54) is 0 Å². The van der Waals surface area contributed by atoms with Crippen LogP contribution in [0.5, 0.6) is 0 Å². The molecule has 1 atom stereocenters. The zero-order valence-corrected chi connectivity index (χ0v) is 20.4. The van der Waals surface area contributed by atoms with Crippen LogP contribution in [0.25, 0.3) is 0 Å². The van der Waals surface area contributed by atoms with Gasteiger partial charge in [-0.2, -0.15) is 0 Å². The van der Waals surface area contributed by atoms with Gasteiger partial charge < -0.3 is 20.3 Å². The second-order valence-electron chi connectivity index (χ2n) is 8.40. The lowest BCUT2D eigenvalue weighted by Gasteiger charge is -2.36. The highest BCUT2D eigenvalue weighted by molar-refractivity contribution is 7.80. The Morgan fingerprint density at radius 3 is 2.08 bits per heavy atom. The summed E-state index contributed by atoms with van der Waals surface area (Å²) in [4.78, 5) is 40.2. The number of amides is 2. The molecule has 4 rings (SSSR count). The van der Waals surface area contributed by atoms with Gasteiger partial charge in [-0.15, -0.1) is 0 Å². The number of benzene rings is 3. The van der Waals surface area contributed by atoms with Crippen LogP contribution in [-0.2, 0) is 25.7 Å². The summed E-state index contributed by atoms with van der Waals surface area (Å²) >= 11 is 5.56. The van der Waals surface area contributed by atoms with Crippen molar-refractivity contribution in [2.75, 3.05) is 13.1 Å². The minimum Gasteiger partial charge on any atom is -0.461 e. The van der Waals surface area contributed by atoms with Crippen molar-refractivity contribution in [3.8, 4) is 0 Å². The van der Waals surface area contributed by atoms with E-state index in [1.807, 2.05) is 91.0 Å². The van der Waals surface area contributed by atoms with Crippen molar-refractivity contribution in [3.05, 3.63) is 108 Å². The van der Waals surface area contributed by atoms with Gasteiger partial charge >= 0.3 is 5.97 Å². The summed E-state index contributed by atoms with van der Waals surface area (Å²) < 4.78 is 5.37. The summed E-state index contributed by atoms with van der Waals surface area (Å²) in [6.07, 6.45) is -0.185. The Bertz CT molecular complexity index is 1170. The van der Waals surface area contributed by atoms with Gasteiger partial charge in [0.25, 0.3) is 0 Å². The van der Waals surface area contributed by atoms with Gasteiger partial charge in [0, 0.05) is 13.1 Å². The number of rotatable bonds is 7. The van der Waals surface area contributed by atoms with Gasteiger partial charge in [0.05, 0.1) is 12.3 Å². The van der Waals surface area contributed by atoms with E-state index in [1.54, 1.807) is 4.90 Å². The lowest BCUT2D eigenvalue weighted by molar-refractivity contribution is -0.148. The maximum atomic E-state index is 13.4. The Morgan fingerprint density at radius 2 is 1.50 bits per heavy atom. The van der Waals surface area contributed by atoms with Crippen molar-refractivity contribution in [1.29, 1.82) is 0 Å². The van der Waals surface area contributed by atoms with Crippen LogP contribution in [0, 0.1) is 0 Å². The summed E-state index contributed by atoms with van der Waals surface area (Å²) in [5.74, 6) is -1.75. The summed E-state index contributed by atoms with van der Waals surface area (Å²) in [5.41, 5.74) is 2.49. The number of piperazine rings is 1. The molecule has 2 amide bonds. The molecule has 3 aromatic carbocycles. The third-order valence-corrected chi connectivity index (χ3v) is 6.29. The first-order valence-corrected chi connectivity index (χ1v) is 12.1. The van der Waals surface area contributed by atoms with E-state index in [9.17, 15) is 14.4 Å². The summed E-state index contributed by atoms with van der Waals surface area (Å²) in [6.45, 7) is 0.832. The van der Waals surface area contributed by atoms with E-state index in [2.05, 4.69) is 10.6 Å². The molecule has 0 aromatic heterocycles. The molecule has 1 fully saturated rings. The first kappa shape index (κ1) is 25.1. The number of carbonyl (C=O) groups is 3. The molecule has 0 saturated carbocycles. The van der Waals surface area contributed by atoms with Gasteiger partial charge in [-0.05, 0) is 28.9 Å². The van der Waals surface area contributed by atoms with Crippen LogP contribution < -0.4 is 10.6 Å². The zero-order valence-electron chi connectivity index (χ0n) is 19.6. The molecule has 7 nitrogen and oxygen atoms in total. The Labute approximate surface area is 215 Å². The number of ether oxygens (including phenoxy) is 1. The number of esters is 1. The van der Waals surface area contributed by atoms with Crippen LogP contribution in [-0.4, -0.2) is 46.9 Å². The molecule has 36 heavy (non-hydrogen) atoms. The van der Waals surface area contributed by atoms with Gasteiger partial charge in [0.2, 0.25) is 11.8 Å². The summed E-state index contributed by atoms with van der Waals surface area (Å²) in [6, 6.07) is 27.3. The molecule has 1 saturated heterocycles. The topological polar surface area (TPSA) is 87.7 Å². The van der Waals surface area contributed by atoms with Crippen molar-refractivity contribution in [1.82, 2.24) is 15.5 Å². The number of nitrogens with one attached hydrogen (secondary N) is 2. The fourth-order valence-electron chi connectivity index (χ4n) is 4.15. The van der Waals surface area contributed by atoms with Crippen molar-refractivity contribution in [3.63, 3.8) is 0 Å². The van der Waals surface area contributed by atoms with Gasteiger partial charge in [0.1, 0.15) is 12.6 Å². The Kier molecular flexibility index (Phi) is 8.41. The van der Waals surface area contributed by atoms with Crippen LogP contribution in [0.3, 0.4) is 0 Å². The van der Waals surface area contributed by atoms with E-state index in [4.69, 9.17) is 17.0 Å². The molecule has 0 spiro atoms. The predicted octanol–water partition coefficient (Wildman–Crippen LogP) is 3.15. The fourth-order valence-corrected chi connectivity index (χ4v) is 4.47. The number of thiocarbonyl (C=S) groups is 1. The van der Waals surface area contributed by atoms with Gasteiger partial charge in [-0.25, -0.2) is 0 Å². The van der Waals surface area contributed by atoms with Gasteiger partial charge in [0.15, 0.2) is 5.11 Å². The van der Waals surface area contributed by atoms with E-state index < -0.39 is 17.9 Å². The Hall–Kier alpha value is -4.04.